The van der Waals surface area contributed by atoms with Crippen LogP contribution in [0.3, 0.4) is 0 Å². The maximum Gasteiger partial charge on any atom is 0.108 e. The van der Waals surface area contributed by atoms with Crippen molar-refractivity contribution in [3.63, 3.8) is 0 Å². The zero-order valence-electron chi connectivity index (χ0n) is 10.0. The van der Waals surface area contributed by atoms with Gasteiger partial charge in [-0.1, -0.05) is 19.1 Å². The number of benzene rings is 1. The highest BCUT2D eigenvalue weighted by molar-refractivity contribution is 7.18. The molecule has 0 aliphatic rings. The van der Waals surface area contributed by atoms with Crippen molar-refractivity contribution in [2.75, 3.05) is 19.0 Å². The zero-order chi connectivity index (χ0) is 12.1. The van der Waals surface area contributed by atoms with Crippen LogP contribution in [0.2, 0.25) is 0 Å². The van der Waals surface area contributed by atoms with Crippen molar-refractivity contribution in [3.05, 3.63) is 29.3 Å². The molecule has 0 N–H and O–H groups in total. The fourth-order valence-corrected chi connectivity index (χ4v) is 2.94. The van der Waals surface area contributed by atoms with Gasteiger partial charge in [-0.2, -0.15) is 0 Å². The number of hydrogen-bond donors (Lipinski definition) is 0. The number of nitrogens with zero attached hydrogens (tertiary/aromatic N) is 2. The lowest BCUT2D eigenvalue weighted by Crippen LogP contribution is -2.24. The highest BCUT2D eigenvalue weighted by Gasteiger charge is 2.07. The lowest BCUT2D eigenvalue weighted by Gasteiger charge is -2.17. The van der Waals surface area contributed by atoms with Gasteiger partial charge in [-0.05, 0) is 31.6 Å². The number of rotatable bonds is 6. The number of hydrogen-bond acceptors (Lipinski definition) is 3. The number of alkyl halides is 1. The first-order valence-electron chi connectivity index (χ1n) is 5.96. The predicted octanol–water partition coefficient (Wildman–Crippen LogP) is 3.75. The molecule has 0 aliphatic carbocycles. The van der Waals surface area contributed by atoms with Crippen LogP contribution < -0.4 is 0 Å². The monoisotopic (exact) mass is 268 g/mol. The third-order valence-electron chi connectivity index (χ3n) is 2.75. The first kappa shape index (κ1) is 12.8. The Bertz CT molecular complexity index is 436. The summed E-state index contributed by atoms with van der Waals surface area (Å²) in [6.45, 7) is 5.22. The molecule has 0 radical (unpaired) electrons. The molecule has 92 valence electrons. The lowest BCUT2D eigenvalue weighted by molar-refractivity contribution is 0.281. The van der Waals surface area contributed by atoms with Crippen molar-refractivity contribution in [1.29, 1.82) is 0 Å². The molecule has 0 atom stereocenters. The molecule has 2 aromatic rings. The average molecular weight is 269 g/mol. The molecule has 0 saturated heterocycles. The normalized spacial score (nSPS) is 11.5. The second-order valence-electron chi connectivity index (χ2n) is 3.99. The van der Waals surface area contributed by atoms with Gasteiger partial charge in [0.05, 0.1) is 16.8 Å². The Morgan fingerprint density at radius 2 is 2.18 bits per heavy atom. The Kier molecular flexibility index (Phi) is 4.77. The molecule has 0 bridgehead atoms. The van der Waals surface area contributed by atoms with Gasteiger partial charge in [0, 0.05) is 5.88 Å². The minimum Gasteiger partial charge on any atom is -0.297 e. The molecule has 0 saturated carbocycles. The van der Waals surface area contributed by atoms with E-state index in [1.165, 1.54) is 9.71 Å². The van der Waals surface area contributed by atoms with Crippen LogP contribution in [0.4, 0.5) is 0 Å². The Hall–Kier alpha value is -0.640. The molecule has 0 amide bonds. The molecule has 1 heterocycles. The quantitative estimate of drug-likeness (QED) is 0.742. The summed E-state index contributed by atoms with van der Waals surface area (Å²) in [4.78, 5) is 7.04. The second-order valence-corrected chi connectivity index (χ2v) is 5.48. The van der Waals surface area contributed by atoms with Crippen molar-refractivity contribution in [2.24, 2.45) is 0 Å². The van der Waals surface area contributed by atoms with Gasteiger partial charge in [0.2, 0.25) is 0 Å². The smallest absolute Gasteiger partial charge is 0.108 e. The molecule has 17 heavy (non-hydrogen) atoms. The number of halogens is 1. The highest BCUT2D eigenvalue weighted by atomic mass is 35.5. The molecule has 0 aliphatic heterocycles. The fourth-order valence-electron chi connectivity index (χ4n) is 1.81. The van der Waals surface area contributed by atoms with Gasteiger partial charge in [-0.25, -0.2) is 4.98 Å². The Morgan fingerprint density at radius 3 is 2.88 bits per heavy atom. The predicted molar refractivity (Wildman–Crippen MR) is 75.9 cm³/mol. The largest absolute Gasteiger partial charge is 0.297 e. The van der Waals surface area contributed by atoms with Crippen LogP contribution in [0.25, 0.3) is 10.2 Å². The SMILES string of the molecule is CCN(CCCCl)Cc1nc2ccccc2s1. The van der Waals surface area contributed by atoms with E-state index in [1.54, 1.807) is 11.3 Å². The third-order valence-corrected chi connectivity index (χ3v) is 4.04. The van der Waals surface area contributed by atoms with Gasteiger partial charge in [0.25, 0.3) is 0 Å². The van der Waals surface area contributed by atoms with E-state index in [0.29, 0.717) is 0 Å². The minimum absolute atomic E-state index is 0.732. The Balaban J connectivity index is 2.06. The number of para-hydroxylation sites is 1. The molecule has 1 aromatic carbocycles. The first-order valence-corrected chi connectivity index (χ1v) is 7.31. The summed E-state index contributed by atoms with van der Waals surface area (Å²) in [5.74, 6) is 0.732. The van der Waals surface area contributed by atoms with Gasteiger partial charge in [0.1, 0.15) is 5.01 Å². The maximum absolute atomic E-state index is 5.73. The number of thiazole rings is 1. The highest BCUT2D eigenvalue weighted by Crippen LogP contribution is 2.22. The van der Waals surface area contributed by atoms with Gasteiger partial charge < -0.3 is 0 Å². The Morgan fingerprint density at radius 1 is 1.35 bits per heavy atom. The fraction of sp³-hybridized carbons (Fsp3) is 0.462. The summed E-state index contributed by atoms with van der Waals surface area (Å²) < 4.78 is 1.27. The van der Waals surface area contributed by atoms with Crippen LogP contribution in [-0.2, 0) is 6.54 Å². The van der Waals surface area contributed by atoms with Crippen molar-refractivity contribution in [2.45, 2.75) is 19.9 Å². The van der Waals surface area contributed by atoms with Gasteiger partial charge >= 0.3 is 0 Å². The molecule has 2 rings (SSSR count). The van der Waals surface area contributed by atoms with Crippen LogP contribution in [-0.4, -0.2) is 28.9 Å². The molecular weight excluding hydrogens is 252 g/mol. The van der Waals surface area contributed by atoms with Gasteiger partial charge in [-0.15, -0.1) is 22.9 Å². The molecule has 0 unspecified atom stereocenters. The topological polar surface area (TPSA) is 16.1 Å². The van der Waals surface area contributed by atoms with Crippen LogP contribution in [0.1, 0.15) is 18.4 Å². The Labute approximate surface area is 111 Å². The zero-order valence-corrected chi connectivity index (χ0v) is 11.6. The molecule has 1 aromatic heterocycles. The third kappa shape index (κ3) is 3.41. The average Bonchev–Trinajstić information content (AvgIpc) is 2.76. The van der Waals surface area contributed by atoms with Crippen molar-refractivity contribution in [1.82, 2.24) is 9.88 Å². The van der Waals surface area contributed by atoms with Crippen molar-refractivity contribution >= 4 is 33.2 Å². The van der Waals surface area contributed by atoms with E-state index in [-0.39, 0.29) is 0 Å². The molecule has 2 nitrogen and oxygen atoms in total. The van der Waals surface area contributed by atoms with E-state index in [2.05, 4.69) is 35.0 Å². The number of aromatic nitrogens is 1. The number of fused-ring (bicyclic) bond motifs is 1. The minimum atomic E-state index is 0.732. The second kappa shape index (κ2) is 6.34. The first-order chi connectivity index (χ1) is 8.33. The van der Waals surface area contributed by atoms with E-state index in [9.17, 15) is 0 Å². The molecular formula is C13H17ClN2S. The summed E-state index contributed by atoms with van der Waals surface area (Å²) in [6.07, 6.45) is 1.04. The summed E-state index contributed by atoms with van der Waals surface area (Å²) in [5, 5.41) is 1.20. The van der Waals surface area contributed by atoms with Gasteiger partial charge in [-0.3, -0.25) is 4.90 Å². The summed E-state index contributed by atoms with van der Waals surface area (Å²) in [6, 6.07) is 8.31. The summed E-state index contributed by atoms with van der Waals surface area (Å²) >= 11 is 7.52. The van der Waals surface area contributed by atoms with E-state index in [1.807, 2.05) is 6.07 Å². The van der Waals surface area contributed by atoms with Crippen molar-refractivity contribution in [3.8, 4) is 0 Å². The van der Waals surface area contributed by atoms with E-state index < -0.39 is 0 Å². The van der Waals surface area contributed by atoms with E-state index in [4.69, 9.17) is 11.6 Å². The van der Waals surface area contributed by atoms with Crippen LogP contribution >= 0.6 is 22.9 Å². The molecule has 0 spiro atoms. The van der Waals surface area contributed by atoms with Crippen LogP contribution in [0.15, 0.2) is 24.3 Å². The standard InChI is InChI=1S/C13H17ClN2S/c1-2-16(9-5-8-14)10-13-15-11-6-3-4-7-12(11)17-13/h3-4,6-7H,2,5,8-10H2,1H3. The lowest BCUT2D eigenvalue weighted by atomic mass is 10.3. The van der Waals surface area contributed by atoms with Crippen LogP contribution in [0, 0.1) is 0 Å². The van der Waals surface area contributed by atoms with E-state index in [0.717, 1.165) is 37.5 Å². The summed E-state index contributed by atoms with van der Waals surface area (Å²) in [7, 11) is 0. The maximum atomic E-state index is 5.73. The van der Waals surface area contributed by atoms with E-state index >= 15 is 0 Å². The van der Waals surface area contributed by atoms with Gasteiger partial charge in [0.15, 0.2) is 0 Å². The molecule has 0 fully saturated rings. The summed E-state index contributed by atoms with van der Waals surface area (Å²) in [5.41, 5.74) is 1.11. The van der Waals surface area contributed by atoms with Crippen LogP contribution in [0.5, 0.6) is 0 Å². The van der Waals surface area contributed by atoms with Crippen molar-refractivity contribution < 1.29 is 0 Å². The molecule has 4 heteroatoms.